The van der Waals surface area contributed by atoms with Crippen LogP contribution in [0.1, 0.15) is 53.9 Å². The minimum Gasteiger partial charge on any atom is -0.371 e. The molecule has 118 valence electrons. The first kappa shape index (κ1) is 19.6. The second kappa shape index (κ2) is 9.50. The van der Waals surface area contributed by atoms with Crippen molar-refractivity contribution in [2.75, 3.05) is 13.2 Å². The topological polar surface area (TPSA) is 27.7 Å². The summed E-state index contributed by atoms with van der Waals surface area (Å²) >= 11 is 0. The molecule has 0 heterocycles. The average Bonchev–Trinajstić information content (AvgIpc) is 2.48. The fourth-order valence-corrected chi connectivity index (χ4v) is 4.69. The molecule has 0 aromatic rings. The van der Waals surface area contributed by atoms with Gasteiger partial charge in [0.2, 0.25) is 0 Å². The first-order valence-corrected chi connectivity index (χ1v) is 9.55. The lowest BCUT2D eigenvalue weighted by Crippen LogP contribution is -2.50. The maximum Gasteiger partial charge on any atom is 0.529 e. The van der Waals surface area contributed by atoms with Crippen LogP contribution < -0.4 is 0 Å². The molecule has 0 fully saturated rings. The molecule has 0 aliphatic carbocycles. The quantitative estimate of drug-likeness (QED) is 0.392. The van der Waals surface area contributed by atoms with E-state index < -0.39 is 8.80 Å². The lowest BCUT2D eigenvalue weighted by atomic mass is 9.75. The molecule has 0 aromatic heterocycles. The SMILES string of the molecule is C=CC(O[Si](C=C)(OCC)OCC)C(CC)(CC)CC. The number of rotatable bonds is 12. The van der Waals surface area contributed by atoms with E-state index in [9.17, 15) is 0 Å². The van der Waals surface area contributed by atoms with Crippen molar-refractivity contribution in [3.63, 3.8) is 0 Å². The predicted molar refractivity (Wildman–Crippen MR) is 87.6 cm³/mol. The highest BCUT2D eigenvalue weighted by molar-refractivity contribution is 6.66. The Bertz CT molecular complexity index is 273. The van der Waals surface area contributed by atoms with Crippen molar-refractivity contribution in [3.05, 3.63) is 24.9 Å². The summed E-state index contributed by atoms with van der Waals surface area (Å²) in [5.74, 6) is 0. The van der Waals surface area contributed by atoms with Crippen LogP contribution in [0.3, 0.4) is 0 Å². The maximum atomic E-state index is 6.31. The normalized spacial score (nSPS) is 14.1. The highest BCUT2D eigenvalue weighted by atomic mass is 28.4. The second-order valence-electron chi connectivity index (χ2n) is 4.87. The van der Waals surface area contributed by atoms with Gasteiger partial charge in [-0.25, -0.2) is 0 Å². The zero-order valence-electron chi connectivity index (χ0n) is 13.9. The van der Waals surface area contributed by atoms with Crippen LogP contribution >= 0.6 is 0 Å². The lowest BCUT2D eigenvalue weighted by Gasteiger charge is -2.41. The summed E-state index contributed by atoms with van der Waals surface area (Å²) in [5, 5.41) is 0. The predicted octanol–water partition coefficient (Wildman–Crippen LogP) is 4.51. The summed E-state index contributed by atoms with van der Waals surface area (Å²) in [6.07, 6.45) is 4.92. The fraction of sp³-hybridized carbons (Fsp3) is 0.750. The smallest absolute Gasteiger partial charge is 0.371 e. The molecule has 0 aromatic carbocycles. The van der Waals surface area contributed by atoms with E-state index in [4.69, 9.17) is 13.3 Å². The van der Waals surface area contributed by atoms with E-state index in [-0.39, 0.29) is 11.5 Å². The van der Waals surface area contributed by atoms with Crippen LogP contribution in [0.25, 0.3) is 0 Å². The molecular weight excluding hydrogens is 268 g/mol. The summed E-state index contributed by atoms with van der Waals surface area (Å²) in [6, 6.07) is 0. The van der Waals surface area contributed by atoms with Crippen LogP contribution in [0.4, 0.5) is 0 Å². The van der Waals surface area contributed by atoms with Crippen molar-refractivity contribution in [2.45, 2.75) is 60.0 Å². The zero-order chi connectivity index (χ0) is 15.6. The Hall–Kier alpha value is -0.423. The van der Waals surface area contributed by atoms with Crippen LogP contribution in [-0.2, 0) is 13.3 Å². The van der Waals surface area contributed by atoms with E-state index in [0.717, 1.165) is 19.3 Å². The molecule has 0 amide bonds. The summed E-state index contributed by atoms with van der Waals surface area (Å²) < 4.78 is 17.9. The van der Waals surface area contributed by atoms with Crippen molar-refractivity contribution in [1.29, 1.82) is 0 Å². The van der Waals surface area contributed by atoms with Crippen LogP contribution in [0, 0.1) is 5.41 Å². The van der Waals surface area contributed by atoms with Gasteiger partial charge in [-0.05, 0) is 44.2 Å². The van der Waals surface area contributed by atoms with Crippen LogP contribution in [0.2, 0.25) is 0 Å². The molecule has 1 atom stereocenters. The number of hydrogen-bond acceptors (Lipinski definition) is 3. The molecule has 0 aliphatic rings. The molecule has 0 rings (SSSR count). The molecule has 0 saturated carbocycles. The Morgan fingerprint density at radius 2 is 1.40 bits per heavy atom. The van der Waals surface area contributed by atoms with Crippen molar-refractivity contribution in [1.82, 2.24) is 0 Å². The Morgan fingerprint density at radius 1 is 0.950 bits per heavy atom. The zero-order valence-corrected chi connectivity index (χ0v) is 14.9. The van der Waals surface area contributed by atoms with E-state index >= 15 is 0 Å². The summed E-state index contributed by atoms with van der Waals surface area (Å²) in [6.45, 7) is 19.4. The fourth-order valence-electron chi connectivity index (χ4n) is 2.63. The third kappa shape index (κ3) is 4.55. The Labute approximate surface area is 126 Å². The average molecular weight is 301 g/mol. The van der Waals surface area contributed by atoms with Crippen molar-refractivity contribution in [2.24, 2.45) is 5.41 Å². The van der Waals surface area contributed by atoms with E-state index in [2.05, 4.69) is 33.9 Å². The van der Waals surface area contributed by atoms with Gasteiger partial charge in [0, 0.05) is 13.2 Å². The van der Waals surface area contributed by atoms with E-state index in [0.29, 0.717) is 13.2 Å². The summed E-state index contributed by atoms with van der Waals surface area (Å²) in [7, 11) is -2.82. The van der Waals surface area contributed by atoms with Gasteiger partial charge in [0.25, 0.3) is 0 Å². The standard InChI is InChI=1S/C16H32O3Si/c1-8-15(16(9-2,10-3)11-4)19-20(14-7,17-12-5)18-13-6/h8,14-15H,1,7,9-13H2,2-6H3. The molecule has 0 saturated heterocycles. The van der Waals surface area contributed by atoms with E-state index in [1.165, 1.54) is 0 Å². The first-order valence-electron chi connectivity index (χ1n) is 7.75. The Kier molecular flexibility index (Phi) is 9.30. The molecule has 0 aliphatic heterocycles. The second-order valence-corrected chi connectivity index (χ2v) is 7.30. The van der Waals surface area contributed by atoms with Gasteiger partial charge in [0.1, 0.15) is 0 Å². The molecule has 1 unspecified atom stereocenters. The molecule has 4 heteroatoms. The highest BCUT2D eigenvalue weighted by Crippen LogP contribution is 2.38. The largest absolute Gasteiger partial charge is 0.529 e. The number of hydrogen-bond donors (Lipinski definition) is 0. The third-order valence-corrected chi connectivity index (χ3v) is 6.63. The van der Waals surface area contributed by atoms with Gasteiger partial charge in [-0.15, -0.1) is 6.58 Å². The first-order chi connectivity index (χ1) is 9.53. The van der Waals surface area contributed by atoms with Crippen molar-refractivity contribution < 1.29 is 13.3 Å². The Balaban J connectivity index is 5.32. The van der Waals surface area contributed by atoms with Crippen molar-refractivity contribution >= 4 is 8.80 Å². The van der Waals surface area contributed by atoms with E-state index in [1.807, 2.05) is 19.9 Å². The minimum absolute atomic E-state index is 0.0785. The molecular formula is C16H32O3Si. The van der Waals surface area contributed by atoms with Gasteiger partial charge < -0.3 is 13.3 Å². The van der Waals surface area contributed by atoms with Gasteiger partial charge in [0.15, 0.2) is 0 Å². The minimum atomic E-state index is -2.82. The molecule has 0 radical (unpaired) electrons. The van der Waals surface area contributed by atoms with Gasteiger partial charge in [-0.3, -0.25) is 0 Å². The summed E-state index contributed by atoms with van der Waals surface area (Å²) in [5.41, 5.74) is 1.81. The third-order valence-electron chi connectivity index (χ3n) is 4.16. The monoisotopic (exact) mass is 300 g/mol. The van der Waals surface area contributed by atoms with Gasteiger partial charge >= 0.3 is 8.80 Å². The van der Waals surface area contributed by atoms with Gasteiger partial charge in [0.05, 0.1) is 6.10 Å². The van der Waals surface area contributed by atoms with Crippen molar-refractivity contribution in [3.8, 4) is 0 Å². The molecule has 3 nitrogen and oxygen atoms in total. The Morgan fingerprint density at radius 3 is 1.65 bits per heavy atom. The van der Waals surface area contributed by atoms with E-state index in [1.54, 1.807) is 5.70 Å². The molecule has 0 bridgehead atoms. The van der Waals surface area contributed by atoms with Crippen LogP contribution in [-0.4, -0.2) is 28.1 Å². The van der Waals surface area contributed by atoms with Crippen LogP contribution in [0.15, 0.2) is 24.9 Å². The summed E-state index contributed by atoms with van der Waals surface area (Å²) in [4.78, 5) is 0. The van der Waals surface area contributed by atoms with Crippen LogP contribution in [0.5, 0.6) is 0 Å². The molecule has 0 N–H and O–H groups in total. The molecule has 0 spiro atoms. The lowest BCUT2D eigenvalue weighted by molar-refractivity contribution is -0.00467. The highest BCUT2D eigenvalue weighted by Gasteiger charge is 2.44. The van der Waals surface area contributed by atoms with Gasteiger partial charge in [-0.1, -0.05) is 33.4 Å². The maximum absolute atomic E-state index is 6.31. The van der Waals surface area contributed by atoms with Gasteiger partial charge in [-0.2, -0.15) is 0 Å². The molecule has 20 heavy (non-hydrogen) atoms.